The van der Waals surface area contributed by atoms with Crippen molar-refractivity contribution in [3.05, 3.63) is 26.8 Å². The number of carbonyl (C=O) groups is 2. The van der Waals surface area contributed by atoms with Gasteiger partial charge in [-0.3, -0.25) is 9.69 Å². The number of carbonyl (C=O) groups excluding carboxylic acids is 2. The summed E-state index contributed by atoms with van der Waals surface area (Å²) < 4.78 is 5.16. The summed E-state index contributed by atoms with van der Waals surface area (Å²) in [7, 11) is 2.98. The summed E-state index contributed by atoms with van der Waals surface area (Å²) in [6.45, 7) is 0. The third-order valence-corrected chi connectivity index (χ3v) is 4.77. The minimum Gasteiger partial charge on any atom is -0.465 e. The molecule has 1 aromatic rings. The Morgan fingerprint density at radius 1 is 1.50 bits per heavy atom. The van der Waals surface area contributed by atoms with Gasteiger partial charge >= 0.3 is 5.97 Å². The number of rotatable bonds is 2. The highest BCUT2D eigenvalue weighted by molar-refractivity contribution is 8.26. The zero-order valence-corrected chi connectivity index (χ0v) is 12.1. The average Bonchev–Trinajstić information content (AvgIpc) is 2.91. The van der Waals surface area contributed by atoms with Crippen molar-refractivity contribution in [2.45, 2.75) is 0 Å². The first kappa shape index (κ1) is 13.3. The maximum absolute atomic E-state index is 11.8. The van der Waals surface area contributed by atoms with Crippen LogP contribution in [-0.4, -0.2) is 35.3 Å². The second-order valence-corrected chi connectivity index (χ2v) is 6.23. The van der Waals surface area contributed by atoms with Crippen LogP contribution in [0.2, 0.25) is 0 Å². The van der Waals surface area contributed by atoms with Gasteiger partial charge < -0.3 is 4.74 Å². The molecule has 1 aliphatic heterocycles. The van der Waals surface area contributed by atoms with Crippen molar-refractivity contribution in [2.75, 3.05) is 14.2 Å². The fourth-order valence-corrected chi connectivity index (χ4v) is 3.43. The van der Waals surface area contributed by atoms with Gasteiger partial charge in [0.05, 0.1) is 12.0 Å². The highest BCUT2D eigenvalue weighted by Gasteiger charge is 2.28. The third kappa shape index (κ3) is 2.47. The summed E-state index contributed by atoms with van der Waals surface area (Å²) in [5, 5.41) is 0. The molecule has 0 saturated carbocycles. The largest absolute Gasteiger partial charge is 0.465 e. The van der Waals surface area contributed by atoms with Crippen LogP contribution >= 0.6 is 35.3 Å². The first-order valence-corrected chi connectivity index (χ1v) is 6.96. The van der Waals surface area contributed by atoms with Crippen LogP contribution in [0.1, 0.15) is 14.5 Å². The Bertz CT molecular complexity index is 562. The monoisotopic (exact) mass is 299 g/mol. The van der Waals surface area contributed by atoms with Crippen molar-refractivity contribution in [3.8, 4) is 0 Å². The molecule has 0 atom stereocenters. The Balaban J connectivity index is 2.24. The predicted molar refractivity (Wildman–Crippen MR) is 76.6 cm³/mol. The van der Waals surface area contributed by atoms with Gasteiger partial charge in [-0.2, -0.15) is 0 Å². The Labute approximate surface area is 118 Å². The number of methoxy groups -OCH3 is 1. The van der Waals surface area contributed by atoms with E-state index >= 15 is 0 Å². The molecule has 0 N–H and O–H groups in total. The number of likely N-dealkylation sites (N-methyl/N-ethyl adjacent to an activating group) is 1. The molecule has 4 nitrogen and oxygen atoms in total. The molecule has 0 aromatic carbocycles. The van der Waals surface area contributed by atoms with Crippen LogP contribution in [0, 0.1) is 0 Å². The molecule has 18 heavy (non-hydrogen) atoms. The lowest BCUT2D eigenvalue weighted by molar-refractivity contribution is -0.121. The maximum Gasteiger partial charge on any atom is 0.348 e. The highest BCUT2D eigenvalue weighted by atomic mass is 32.2. The summed E-state index contributed by atoms with van der Waals surface area (Å²) >= 11 is 7.57. The van der Waals surface area contributed by atoms with E-state index in [1.165, 1.54) is 35.1 Å². The molecule has 7 heteroatoms. The van der Waals surface area contributed by atoms with Crippen LogP contribution in [0.15, 0.2) is 17.0 Å². The summed E-state index contributed by atoms with van der Waals surface area (Å²) in [6.07, 6.45) is 1.74. The van der Waals surface area contributed by atoms with E-state index < -0.39 is 0 Å². The quantitative estimate of drug-likeness (QED) is 0.476. The molecule has 2 heterocycles. The van der Waals surface area contributed by atoms with Crippen LogP contribution in [0.3, 0.4) is 0 Å². The van der Waals surface area contributed by atoms with Crippen molar-refractivity contribution < 1.29 is 14.3 Å². The number of ether oxygens (including phenoxy) is 1. The fourth-order valence-electron chi connectivity index (χ4n) is 1.32. The van der Waals surface area contributed by atoms with Gasteiger partial charge in [-0.1, -0.05) is 24.0 Å². The normalized spacial score (nSPS) is 17.7. The summed E-state index contributed by atoms with van der Waals surface area (Å²) in [4.78, 5) is 26.4. The van der Waals surface area contributed by atoms with E-state index in [1.54, 1.807) is 25.3 Å². The number of nitrogens with zero attached hydrogens (tertiary/aromatic N) is 1. The number of amides is 1. The molecule has 0 aliphatic carbocycles. The summed E-state index contributed by atoms with van der Waals surface area (Å²) in [5.41, 5.74) is 0. The average molecular weight is 299 g/mol. The molecule has 0 spiro atoms. The number of thiocarbonyl (C=S) groups is 1. The van der Waals surface area contributed by atoms with E-state index in [0.29, 0.717) is 14.1 Å². The van der Waals surface area contributed by atoms with Gasteiger partial charge in [-0.15, -0.1) is 11.3 Å². The van der Waals surface area contributed by atoms with Crippen LogP contribution in [0.25, 0.3) is 6.08 Å². The lowest BCUT2D eigenvalue weighted by Crippen LogP contribution is -2.22. The van der Waals surface area contributed by atoms with Gasteiger partial charge in [-0.05, 0) is 18.2 Å². The van der Waals surface area contributed by atoms with Gasteiger partial charge in [0.25, 0.3) is 5.91 Å². The first-order valence-electron chi connectivity index (χ1n) is 4.92. The van der Waals surface area contributed by atoms with Crippen molar-refractivity contribution in [1.82, 2.24) is 4.90 Å². The minimum absolute atomic E-state index is 0.113. The molecule has 94 valence electrons. The molecule has 1 aromatic heterocycles. The molecule has 1 fully saturated rings. The van der Waals surface area contributed by atoms with Crippen LogP contribution < -0.4 is 0 Å². The standard InChI is InChI=1S/C11H9NO3S3/c1-12-9(13)8(18-11(12)16)5-6-3-4-7(17-6)10(14)15-2/h3-5H,1-2H3/b8-5-. The van der Waals surface area contributed by atoms with Gasteiger partial charge in [0.1, 0.15) is 9.20 Å². The van der Waals surface area contributed by atoms with E-state index in [1.807, 2.05) is 0 Å². The fraction of sp³-hybridized carbons (Fsp3) is 0.182. The zero-order chi connectivity index (χ0) is 13.3. The number of thioether (sulfide) groups is 1. The van der Waals surface area contributed by atoms with Crippen molar-refractivity contribution in [1.29, 1.82) is 0 Å². The molecular formula is C11H9NO3S3. The van der Waals surface area contributed by atoms with Crippen LogP contribution in [-0.2, 0) is 9.53 Å². The molecule has 1 saturated heterocycles. The third-order valence-electron chi connectivity index (χ3n) is 2.27. The van der Waals surface area contributed by atoms with Crippen molar-refractivity contribution >= 4 is 57.6 Å². The number of esters is 1. The van der Waals surface area contributed by atoms with Gasteiger partial charge in [0.15, 0.2) is 0 Å². The smallest absolute Gasteiger partial charge is 0.348 e. The summed E-state index contributed by atoms with van der Waals surface area (Å²) in [6, 6.07) is 3.45. The lowest BCUT2D eigenvalue weighted by Gasteiger charge is -2.03. The molecule has 0 radical (unpaired) electrons. The van der Waals surface area contributed by atoms with Crippen LogP contribution in [0.5, 0.6) is 0 Å². The SMILES string of the molecule is COC(=O)c1ccc(/C=C2\SC(=S)N(C)C2=O)s1. The van der Waals surface area contributed by atoms with Gasteiger partial charge in [-0.25, -0.2) is 4.79 Å². The summed E-state index contributed by atoms with van der Waals surface area (Å²) in [5.74, 6) is -0.485. The van der Waals surface area contributed by atoms with Crippen molar-refractivity contribution in [2.24, 2.45) is 0 Å². The Morgan fingerprint density at radius 3 is 2.78 bits per heavy atom. The predicted octanol–water partition coefficient (Wildman–Crippen LogP) is 2.37. The van der Waals surface area contributed by atoms with Crippen LogP contribution in [0.4, 0.5) is 0 Å². The van der Waals surface area contributed by atoms with E-state index in [9.17, 15) is 9.59 Å². The van der Waals surface area contributed by atoms with Crippen molar-refractivity contribution in [3.63, 3.8) is 0 Å². The Hall–Kier alpha value is -1.18. The second-order valence-electron chi connectivity index (χ2n) is 3.43. The number of thiophene rings is 1. The first-order chi connectivity index (χ1) is 8.52. The minimum atomic E-state index is -0.373. The zero-order valence-electron chi connectivity index (χ0n) is 9.63. The molecule has 0 unspecified atom stereocenters. The van der Waals surface area contributed by atoms with Gasteiger partial charge in [0.2, 0.25) is 0 Å². The van der Waals surface area contributed by atoms with E-state index in [0.717, 1.165) is 4.88 Å². The lowest BCUT2D eigenvalue weighted by atomic mass is 10.3. The maximum atomic E-state index is 11.8. The molecule has 2 rings (SSSR count). The van der Waals surface area contributed by atoms with E-state index in [2.05, 4.69) is 4.74 Å². The molecule has 1 amide bonds. The number of hydrogen-bond acceptors (Lipinski definition) is 6. The molecule has 0 bridgehead atoms. The number of hydrogen-bond donors (Lipinski definition) is 0. The molecule has 1 aliphatic rings. The Kier molecular flexibility index (Phi) is 3.84. The topological polar surface area (TPSA) is 46.6 Å². The Morgan fingerprint density at radius 2 is 2.22 bits per heavy atom. The van der Waals surface area contributed by atoms with Gasteiger partial charge in [0, 0.05) is 11.9 Å². The molecular weight excluding hydrogens is 290 g/mol. The second kappa shape index (κ2) is 5.21. The highest BCUT2D eigenvalue weighted by Crippen LogP contribution is 2.32. The van der Waals surface area contributed by atoms with E-state index in [4.69, 9.17) is 12.2 Å². The van der Waals surface area contributed by atoms with E-state index in [-0.39, 0.29) is 11.9 Å².